The number of hydrogen-bond donors (Lipinski definition) is 0. The maximum atomic E-state index is 2.48. The zero-order valence-corrected chi connectivity index (χ0v) is 31.8. The Balaban J connectivity index is 1.23. The van der Waals surface area contributed by atoms with Gasteiger partial charge in [-0.25, -0.2) is 0 Å². The molecule has 0 atom stereocenters. The zero-order valence-electron chi connectivity index (χ0n) is 31.8. The monoisotopic (exact) mass is 686 g/mol. The van der Waals surface area contributed by atoms with E-state index in [9.17, 15) is 0 Å². The lowest BCUT2D eigenvalue weighted by Crippen LogP contribution is -2.25. The van der Waals surface area contributed by atoms with Crippen molar-refractivity contribution in [2.24, 2.45) is 0 Å². The van der Waals surface area contributed by atoms with Gasteiger partial charge >= 0.3 is 0 Å². The van der Waals surface area contributed by atoms with Crippen molar-refractivity contribution in [2.45, 2.75) is 59.3 Å². The van der Waals surface area contributed by atoms with Gasteiger partial charge in [-0.3, -0.25) is 0 Å². The zero-order chi connectivity index (χ0) is 36.6. The number of benzene rings is 7. The van der Waals surface area contributed by atoms with Crippen molar-refractivity contribution >= 4 is 34.1 Å². The third-order valence-electron chi connectivity index (χ3n) is 12.1. The minimum Gasteiger partial charge on any atom is -0.310 e. The minimum atomic E-state index is -0.213. The SMILES string of the molecule is Cc1cc(N(c2ccccc2)c2ccccc2)cc2c1-c1c(C)c(C)c3c(c1C2(C)C)C(C)(C)c1cc(N(c2ccccc2)c2ccccc2)ccc1-3. The van der Waals surface area contributed by atoms with E-state index >= 15 is 0 Å². The predicted octanol–water partition coefficient (Wildman–Crippen LogP) is 14.2. The van der Waals surface area contributed by atoms with Gasteiger partial charge in [-0.05, 0) is 155 Å². The van der Waals surface area contributed by atoms with Gasteiger partial charge in [0.25, 0.3) is 0 Å². The molecule has 2 aliphatic rings. The highest BCUT2D eigenvalue weighted by molar-refractivity contribution is 5.97. The van der Waals surface area contributed by atoms with Crippen LogP contribution in [0.1, 0.15) is 66.6 Å². The Labute approximate surface area is 315 Å². The van der Waals surface area contributed by atoms with Gasteiger partial charge in [-0.1, -0.05) is 107 Å². The Morgan fingerprint density at radius 2 is 0.755 bits per heavy atom. The largest absolute Gasteiger partial charge is 0.310 e. The van der Waals surface area contributed by atoms with Gasteiger partial charge < -0.3 is 9.80 Å². The molecule has 2 heteroatoms. The van der Waals surface area contributed by atoms with E-state index in [-0.39, 0.29) is 10.8 Å². The summed E-state index contributed by atoms with van der Waals surface area (Å²) < 4.78 is 0. The summed E-state index contributed by atoms with van der Waals surface area (Å²) in [4.78, 5) is 4.79. The lowest BCUT2D eigenvalue weighted by atomic mass is 9.71. The lowest BCUT2D eigenvalue weighted by molar-refractivity contribution is 0.600. The second kappa shape index (κ2) is 12.1. The fraction of sp³-hybridized carbons (Fsp3) is 0.176. The Kier molecular flexibility index (Phi) is 7.54. The number of fused-ring (bicyclic) bond motifs is 7. The van der Waals surface area contributed by atoms with Crippen LogP contribution < -0.4 is 9.80 Å². The first kappa shape index (κ1) is 33.0. The summed E-state index contributed by atoms with van der Waals surface area (Å²) in [5.74, 6) is 0. The average Bonchev–Trinajstić information content (AvgIpc) is 3.55. The van der Waals surface area contributed by atoms with Crippen LogP contribution >= 0.6 is 0 Å². The fourth-order valence-electron chi connectivity index (χ4n) is 9.50. The van der Waals surface area contributed by atoms with E-state index < -0.39 is 0 Å². The summed E-state index contributed by atoms with van der Waals surface area (Å²) in [5.41, 5.74) is 22.1. The average molecular weight is 687 g/mol. The highest BCUT2D eigenvalue weighted by Crippen LogP contribution is 2.62. The van der Waals surface area contributed by atoms with E-state index in [1.165, 1.54) is 72.6 Å². The van der Waals surface area contributed by atoms with E-state index in [4.69, 9.17) is 0 Å². The van der Waals surface area contributed by atoms with Gasteiger partial charge in [-0.15, -0.1) is 0 Å². The van der Waals surface area contributed by atoms with Crippen LogP contribution in [0.25, 0.3) is 22.3 Å². The molecule has 0 N–H and O–H groups in total. The van der Waals surface area contributed by atoms with E-state index in [1.807, 2.05) is 0 Å². The Morgan fingerprint density at radius 1 is 0.358 bits per heavy atom. The molecule has 7 aromatic rings. The van der Waals surface area contributed by atoms with E-state index in [0.717, 1.165) is 22.7 Å². The first-order valence-corrected chi connectivity index (χ1v) is 18.9. The molecule has 0 aromatic heterocycles. The molecular formula is C51H46N2. The summed E-state index contributed by atoms with van der Waals surface area (Å²) in [6.45, 7) is 16.9. The number of nitrogens with zero attached hydrogens (tertiary/aromatic N) is 2. The second-order valence-corrected chi connectivity index (χ2v) is 15.9. The van der Waals surface area contributed by atoms with Gasteiger partial charge in [-0.2, -0.15) is 0 Å². The molecule has 9 rings (SSSR count). The standard InChI is InChI=1S/C51H46N2/c1-33-30-41(53(38-24-16-10-17-25-38)39-26-18-11-19-27-39)32-44-45(33)47-35(3)34(2)46-42-29-28-40(31-43(42)50(4,5)48(46)49(47)51(44,6)7)52(36-20-12-8-13-21-36)37-22-14-9-15-23-37/h8-32H,1-7H3. The van der Waals surface area contributed by atoms with E-state index in [1.54, 1.807) is 0 Å². The highest BCUT2D eigenvalue weighted by Gasteiger charge is 2.48. The van der Waals surface area contributed by atoms with Crippen LogP contribution in [0.2, 0.25) is 0 Å². The van der Waals surface area contributed by atoms with Crippen LogP contribution in [0.4, 0.5) is 34.1 Å². The smallest absolute Gasteiger partial charge is 0.0467 e. The Bertz CT molecular complexity index is 2430. The molecular weight excluding hydrogens is 641 g/mol. The molecule has 0 unspecified atom stereocenters. The molecule has 0 bridgehead atoms. The van der Waals surface area contributed by atoms with Gasteiger partial charge in [0.2, 0.25) is 0 Å². The molecule has 0 saturated carbocycles. The molecule has 0 spiro atoms. The summed E-state index contributed by atoms with van der Waals surface area (Å²) in [6.07, 6.45) is 0. The van der Waals surface area contributed by atoms with Crippen LogP contribution in [-0.4, -0.2) is 0 Å². The minimum absolute atomic E-state index is 0.210. The number of rotatable bonds is 6. The van der Waals surface area contributed by atoms with Crippen molar-refractivity contribution in [3.05, 3.63) is 191 Å². The van der Waals surface area contributed by atoms with Crippen molar-refractivity contribution in [1.29, 1.82) is 0 Å². The molecule has 2 nitrogen and oxygen atoms in total. The Hall–Kier alpha value is -5.86. The molecule has 260 valence electrons. The topological polar surface area (TPSA) is 6.48 Å². The molecule has 0 heterocycles. The van der Waals surface area contributed by atoms with Crippen molar-refractivity contribution in [1.82, 2.24) is 0 Å². The van der Waals surface area contributed by atoms with Crippen LogP contribution in [0.15, 0.2) is 152 Å². The van der Waals surface area contributed by atoms with Gasteiger partial charge in [0.05, 0.1) is 0 Å². The van der Waals surface area contributed by atoms with E-state index in [2.05, 4.69) is 210 Å². The van der Waals surface area contributed by atoms with Crippen molar-refractivity contribution in [3.8, 4) is 22.3 Å². The maximum absolute atomic E-state index is 2.48. The van der Waals surface area contributed by atoms with Crippen molar-refractivity contribution < 1.29 is 0 Å². The Morgan fingerprint density at radius 3 is 1.25 bits per heavy atom. The molecule has 7 aromatic carbocycles. The number of aryl methyl sites for hydroxylation is 1. The van der Waals surface area contributed by atoms with Gasteiger partial charge in [0.1, 0.15) is 0 Å². The van der Waals surface area contributed by atoms with Crippen LogP contribution in [0.5, 0.6) is 0 Å². The number of anilines is 6. The molecule has 0 saturated heterocycles. The fourth-order valence-corrected chi connectivity index (χ4v) is 9.50. The molecule has 2 aliphatic carbocycles. The van der Waals surface area contributed by atoms with Crippen molar-refractivity contribution in [2.75, 3.05) is 9.80 Å². The first-order valence-electron chi connectivity index (χ1n) is 18.9. The third kappa shape index (κ3) is 4.92. The maximum Gasteiger partial charge on any atom is 0.0467 e. The van der Waals surface area contributed by atoms with Crippen LogP contribution in [0.3, 0.4) is 0 Å². The third-order valence-corrected chi connectivity index (χ3v) is 12.1. The quantitative estimate of drug-likeness (QED) is 0.172. The first-order chi connectivity index (χ1) is 25.6. The highest BCUT2D eigenvalue weighted by atomic mass is 15.1. The normalized spacial score (nSPS) is 14.2. The van der Waals surface area contributed by atoms with Crippen LogP contribution in [0, 0.1) is 20.8 Å². The lowest BCUT2D eigenvalue weighted by Gasteiger charge is -2.33. The van der Waals surface area contributed by atoms with Gasteiger partial charge in [0.15, 0.2) is 0 Å². The summed E-state index contributed by atoms with van der Waals surface area (Å²) >= 11 is 0. The molecule has 0 fully saturated rings. The summed E-state index contributed by atoms with van der Waals surface area (Å²) in [6, 6.07) is 55.1. The molecule has 0 amide bonds. The number of para-hydroxylation sites is 4. The second-order valence-electron chi connectivity index (χ2n) is 15.9. The predicted molar refractivity (Wildman–Crippen MR) is 225 cm³/mol. The number of hydrogen-bond acceptors (Lipinski definition) is 2. The molecule has 53 heavy (non-hydrogen) atoms. The van der Waals surface area contributed by atoms with Crippen LogP contribution in [-0.2, 0) is 10.8 Å². The molecule has 0 aliphatic heterocycles. The van der Waals surface area contributed by atoms with E-state index in [0.29, 0.717) is 0 Å². The summed E-state index contributed by atoms with van der Waals surface area (Å²) in [5, 5.41) is 0. The summed E-state index contributed by atoms with van der Waals surface area (Å²) in [7, 11) is 0. The van der Waals surface area contributed by atoms with Crippen molar-refractivity contribution in [3.63, 3.8) is 0 Å². The van der Waals surface area contributed by atoms with Gasteiger partial charge in [0, 0.05) is 45.0 Å². The molecule has 0 radical (unpaired) electrons.